The summed E-state index contributed by atoms with van der Waals surface area (Å²) in [5.41, 5.74) is 6.21. The number of aromatic nitrogens is 2. The number of carbonyl (C=O) groups excluding carboxylic acids is 1. The van der Waals surface area contributed by atoms with Gasteiger partial charge in [0.15, 0.2) is 0 Å². The number of nitrogens with zero attached hydrogens (tertiary/aromatic N) is 3. The van der Waals surface area contributed by atoms with Crippen molar-refractivity contribution in [3.05, 3.63) is 60.0 Å². The van der Waals surface area contributed by atoms with E-state index in [1.807, 2.05) is 18.7 Å². The number of nitrogen functional groups attached to an aromatic ring is 1. The van der Waals surface area contributed by atoms with Gasteiger partial charge in [0.25, 0.3) is 15.9 Å². The number of nitrogens with one attached hydrogen (secondary N) is 1. The lowest BCUT2D eigenvalue weighted by Crippen LogP contribution is -2.41. The number of ether oxygens (including phenoxy) is 1. The van der Waals surface area contributed by atoms with Crippen LogP contribution in [0.5, 0.6) is 5.75 Å². The van der Waals surface area contributed by atoms with E-state index in [2.05, 4.69) is 16.6 Å². The topological polar surface area (TPSA) is 128 Å². The van der Waals surface area contributed by atoms with Crippen LogP contribution in [0, 0.1) is 11.7 Å². The third-order valence-electron chi connectivity index (χ3n) is 6.20. The maximum atomic E-state index is 14.1. The standard InChI is InChI=1S/C25H28FN5O4S/c1-15-13-25(2,3)31(14-15)23-17(24(32)30-36(33,34)21-6-5-11-28-22(21)27)8-9-19(29-23)18-12-16(26)7-10-20(18)35-4/h5-12,15H,13-14H2,1-4H3,(H2,27,28)(H,30,32)/t15-/m0/s1. The molecule has 1 saturated heterocycles. The van der Waals surface area contributed by atoms with E-state index in [1.165, 1.54) is 55.8 Å². The SMILES string of the molecule is COc1ccc(F)cc1-c1ccc(C(=O)NS(=O)(=O)c2cccnc2N)c(N2C[C@@H](C)CC2(C)C)n1. The Morgan fingerprint density at radius 3 is 2.64 bits per heavy atom. The molecule has 1 aliphatic heterocycles. The van der Waals surface area contributed by atoms with E-state index in [4.69, 9.17) is 15.5 Å². The van der Waals surface area contributed by atoms with E-state index in [-0.39, 0.29) is 21.8 Å². The van der Waals surface area contributed by atoms with Crippen molar-refractivity contribution in [3.63, 3.8) is 0 Å². The molecule has 0 spiro atoms. The zero-order valence-corrected chi connectivity index (χ0v) is 21.3. The van der Waals surface area contributed by atoms with Gasteiger partial charge in [-0.2, -0.15) is 0 Å². The number of methoxy groups -OCH3 is 1. The smallest absolute Gasteiger partial charge is 0.268 e. The molecule has 0 saturated carbocycles. The molecule has 0 bridgehead atoms. The Hall–Kier alpha value is -3.73. The molecule has 36 heavy (non-hydrogen) atoms. The fraction of sp³-hybridized carbons (Fsp3) is 0.320. The number of carbonyl (C=O) groups is 1. The van der Waals surface area contributed by atoms with E-state index in [0.717, 1.165) is 6.42 Å². The number of sulfonamides is 1. The van der Waals surface area contributed by atoms with Crippen molar-refractivity contribution in [2.75, 3.05) is 24.3 Å². The predicted molar refractivity (Wildman–Crippen MR) is 135 cm³/mol. The highest BCUT2D eigenvalue weighted by molar-refractivity contribution is 7.90. The highest BCUT2D eigenvalue weighted by Crippen LogP contribution is 2.39. The first-order chi connectivity index (χ1) is 16.9. The Bertz CT molecular complexity index is 1430. The third kappa shape index (κ3) is 4.83. The third-order valence-corrected chi connectivity index (χ3v) is 7.58. The minimum atomic E-state index is -4.30. The van der Waals surface area contributed by atoms with Gasteiger partial charge in [0.05, 0.1) is 18.4 Å². The van der Waals surface area contributed by atoms with Crippen LogP contribution in [-0.2, 0) is 10.0 Å². The van der Waals surface area contributed by atoms with Crippen LogP contribution in [0.1, 0.15) is 37.6 Å². The highest BCUT2D eigenvalue weighted by atomic mass is 32.2. The molecule has 0 radical (unpaired) electrons. The summed E-state index contributed by atoms with van der Waals surface area (Å²) in [5, 5.41) is 0. The minimum Gasteiger partial charge on any atom is -0.496 e. The van der Waals surface area contributed by atoms with Crippen LogP contribution in [0.25, 0.3) is 11.3 Å². The van der Waals surface area contributed by atoms with Crippen LogP contribution in [-0.4, -0.2) is 43.5 Å². The zero-order chi connectivity index (χ0) is 26.3. The number of rotatable bonds is 6. The summed E-state index contributed by atoms with van der Waals surface area (Å²) in [6.45, 7) is 6.76. The summed E-state index contributed by atoms with van der Waals surface area (Å²) in [5.74, 6) is -0.543. The number of halogens is 1. The molecule has 9 nitrogen and oxygen atoms in total. The van der Waals surface area contributed by atoms with Gasteiger partial charge < -0.3 is 15.4 Å². The molecule has 3 heterocycles. The Balaban J connectivity index is 1.82. The normalized spacial score (nSPS) is 17.1. The lowest BCUT2D eigenvalue weighted by Gasteiger charge is -2.34. The number of hydrogen-bond donors (Lipinski definition) is 2. The molecule has 1 atom stereocenters. The second-order valence-electron chi connectivity index (χ2n) is 9.47. The Morgan fingerprint density at radius 1 is 1.25 bits per heavy atom. The van der Waals surface area contributed by atoms with E-state index in [1.54, 1.807) is 0 Å². The summed E-state index contributed by atoms with van der Waals surface area (Å²) in [4.78, 5) is 23.5. The molecule has 3 aromatic rings. The van der Waals surface area contributed by atoms with Gasteiger partial charge in [-0.25, -0.2) is 27.5 Å². The molecule has 11 heteroatoms. The maximum absolute atomic E-state index is 14.1. The first kappa shape index (κ1) is 25.4. The number of nitrogens with two attached hydrogens (primary N) is 1. The van der Waals surface area contributed by atoms with Crippen molar-refractivity contribution in [2.24, 2.45) is 5.92 Å². The van der Waals surface area contributed by atoms with Gasteiger partial charge in [-0.1, -0.05) is 6.92 Å². The summed E-state index contributed by atoms with van der Waals surface area (Å²) in [6.07, 6.45) is 2.20. The fourth-order valence-electron chi connectivity index (χ4n) is 4.68. The molecule has 0 aliphatic carbocycles. The molecule has 2 aromatic heterocycles. The molecular formula is C25H28FN5O4S. The van der Waals surface area contributed by atoms with Crippen molar-refractivity contribution in [1.29, 1.82) is 0 Å². The lowest BCUT2D eigenvalue weighted by atomic mass is 9.97. The largest absolute Gasteiger partial charge is 0.496 e. The average Bonchev–Trinajstić information content (AvgIpc) is 3.10. The Morgan fingerprint density at radius 2 is 2.00 bits per heavy atom. The first-order valence-electron chi connectivity index (χ1n) is 11.3. The van der Waals surface area contributed by atoms with Crippen molar-refractivity contribution in [2.45, 2.75) is 37.6 Å². The monoisotopic (exact) mass is 513 g/mol. The highest BCUT2D eigenvalue weighted by Gasteiger charge is 2.39. The molecule has 4 rings (SSSR count). The Kier molecular flexibility index (Phi) is 6.61. The van der Waals surface area contributed by atoms with Crippen molar-refractivity contribution in [1.82, 2.24) is 14.7 Å². The van der Waals surface area contributed by atoms with Crippen LogP contribution >= 0.6 is 0 Å². The number of hydrogen-bond acceptors (Lipinski definition) is 8. The van der Waals surface area contributed by atoms with Crippen molar-refractivity contribution >= 4 is 27.6 Å². The van der Waals surface area contributed by atoms with Gasteiger partial charge in [-0.15, -0.1) is 0 Å². The van der Waals surface area contributed by atoms with E-state index < -0.39 is 21.7 Å². The predicted octanol–water partition coefficient (Wildman–Crippen LogP) is 3.62. The van der Waals surface area contributed by atoms with Crippen LogP contribution in [0.15, 0.2) is 53.6 Å². The second-order valence-corrected chi connectivity index (χ2v) is 11.1. The lowest BCUT2D eigenvalue weighted by molar-refractivity contribution is 0.0981. The summed E-state index contributed by atoms with van der Waals surface area (Å²) < 4.78 is 47.4. The van der Waals surface area contributed by atoms with Gasteiger partial charge in [-0.3, -0.25) is 4.79 Å². The molecule has 1 amide bonds. The van der Waals surface area contributed by atoms with Crippen LogP contribution in [0.2, 0.25) is 0 Å². The number of amides is 1. The van der Waals surface area contributed by atoms with E-state index in [0.29, 0.717) is 35.3 Å². The van der Waals surface area contributed by atoms with E-state index in [9.17, 15) is 17.6 Å². The van der Waals surface area contributed by atoms with Gasteiger partial charge >= 0.3 is 0 Å². The average molecular weight is 514 g/mol. The quantitative estimate of drug-likeness (QED) is 0.512. The molecule has 1 aromatic carbocycles. The first-order valence-corrected chi connectivity index (χ1v) is 12.8. The summed E-state index contributed by atoms with van der Waals surface area (Å²) in [6, 6.07) is 9.79. The number of anilines is 2. The summed E-state index contributed by atoms with van der Waals surface area (Å²) >= 11 is 0. The summed E-state index contributed by atoms with van der Waals surface area (Å²) in [7, 11) is -2.83. The van der Waals surface area contributed by atoms with Crippen LogP contribution in [0.4, 0.5) is 16.0 Å². The van der Waals surface area contributed by atoms with Crippen molar-refractivity contribution in [3.8, 4) is 17.0 Å². The fourth-order valence-corrected chi connectivity index (χ4v) is 5.73. The maximum Gasteiger partial charge on any atom is 0.268 e. The molecular weight excluding hydrogens is 485 g/mol. The second kappa shape index (κ2) is 9.38. The zero-order valence-electron chi connectivity index (χ0n) is 20.4. The van der Waals surface area contributed by atoms with Gasteiger partial charge in [0, 0.05) is 23.8 Å². The van der Waals surface area contributed by atoms with Gasteiger partial charge in [-0.05, 0) is 68.7 Å². The van der Waals surface area contributed by atoms with E-state index >= 15 is 0 Å². The van der Waals surface area contributed by atoms with Gasteiger partial charge in [0.2, 0.25) is 0 Å². The minimum absolute atomic E-state index is 0.0577. The molecule has 0 unspecified atom stereocenters. The number of pyridine rings is 2. The van der Waals surface area contributed by atoms with Gasteiger partial charge in [0.1, 0.15) is 28.1 Å². The molecule has 190 valence electrons. The molecule has 1 fully saturated rings. The molecule has 3 N–H and O–H groups in total. The van der Waals surface area contributed by atoms with Crippen LogP contribution < -0.4 is 20.1 Å². The number of benzene rings is 1. The van der Waals surface area contributed by atoms with Crippen LogP contribution in [0.3, 0.4) is 0 Å². The Labute approximate surface area is 209 Å². The van der Waals surface area contributed by atoms with Crippen molar-refractivity contribution < 1.29 is 22.3 Å². The molecule has 1 aliphatic rings.